The molecule has 1 aromatic rings. The van der Waals surface area contributed by atoms with E-state index >= 15 is 0 Å². The quantitative estimate of drug-likeness (QED) is 0.905. The molecule has 0 bridgehead atoms. The van der Waals surface area contributed by atoms with Crippen LogP contribution in [0.5, 0.6) is 0 Å². The summed E-state index contributed by atoms with van der Waals surface area (Å²) in [4.78, 5) is 2.43. The van der Waals surface area contributed by atoms with E-state index in [4.69, 9.17) is 10.2 Å². The van der Waals surface area contributed by atoms with Crippen LogP contribution in [0.1, 0.15) is 56.5 Å². The Morgan fingerprint density at radius 3 is 2.32 bits per heavy atom. The summed E-state index contributed by atoms with van der Waals surface area (Å²) in [5.74, 6) is 2.04. The average Bonchev–Trinajstić information content (AvgIpc) is 2.75. The predicted octanol–water partition coefficient (Wildman–Crippen LogP) is 3.46. The zero-order chi connectivity index (χ0) is 13.7. The maximum atomic E-state index is 6.15. The summed E-state index contributed by atoms with van der Waals surface area (Å²) in [5.41, 5.74) is 6.31. The van der Waals surface area contributed by atoms with Gasteiger partial charge < -0.3 is 10.2 Å². The van der Waals surface area contributed by atoms with Crippen LogP contribution in [-0.4, -0.2) is 24.0 Å². The third kappa shape index (κ3) is 3.61. The van der Waals surface area contributed by atoms with E-state index < -0.39 is 0 Å². The standard InChI is InChI=1S/C16H28N2O/c1-14-8-9-15(19-14)12-18(2)16(13-17)10-6-4-3-5-7-11-16/h8-9H,3-7,10-13,17H2,1-2H3. The Morgan fingerprint density at radius 1 is 1.16 bits per heavy atom. The minimum Gasteiger partial charge on any atom is -0.465 e. The van der Waals surface area contributed by atoms with E-state index in [-0.39, 0.29) is 5.54 Å². The van der Waals surface area contributed by atoms with Crippen LogP contribution in [-0.2, 0) is 6.54 Å². The normalized spacial score (nSPS) is 20.2. The maximum absolute atomic E-state index is 6.15. The lowest BCUT2D eigenvalue weighted by atomic mass is 9.82. The molecule has 1 heterocycles. The average molecular weight is 264 g/mol. The number of furan rings is 1. The van der Waals surface area contributed by atoms with Crippen molar-refractivity contribution in [1.29, 1.82) is 0 Å². The fourth-order valence-electron chi connectivity index (χ4n) is 3.28. The molecule has 0 aromatic carbocycles. The summed E-state index contributed by atoms with van der Waals surface area (Å²) >= 11 is 0. The Labute approximate surface area is 117 Å². The van der Waals surface area contributed by atoms with E-state index in [0.717, 1.165) is 24.6 Å². The molecule has 3 nitrogen and oxygen atoms in total. The molecule has 0 atom stereocenters. The lowest BCUT2D eigenvalue weighted by Gasteiger charge is -2.42. The van der Waals surface area contributed by atoms with Gasteiger partial charge >= 0.3 is 0 Å². The molecule has 1 fully saturated rings. The number of hydrogen-bond acceptors (Lipinski definition) is 3. The first kappa shape index (κ1) is 14.6. The third-order valence-corrected chi connectivity index (χ3v) is 4.66. The summed E-state index contributed by atoms with van der Waals surface area (Å²) < 4.78 is 5.71. The third-order valence-electron chi connectivity index (χ3n) is 4.66. The van der Waals surface area contributed by atoms with Crippen LogP contribution < -0.4 is 5.73 Å². The Hall–Kier alpha value is -0.800. The molecule has 0 unspecified atom stereocenters. The molecule has 0 amide bonds. The van der Waals surface area contributed by atoms with Crippen LogP contribution in [0, 0.1) is 6.92 Å². The van der Waals surface area contributed by atoms with Crippen molar-refractivity contribution in [3.8, 4) is 0 Å². The fourth-order valence-corrected chi connectivity index (χ4v) is 3.28. The highest BCUT2D eigenvalue weighted by Gasteiger charge is 2.33. The molecular weight excluding hydrogens is 236 g/mol. The molecule has 1 aromatic heterocycles. The summed E-state index contributed by atoms with van der Waals surface area (Å²) in [5, 5.41) is 0. The Balaban J connectivity index is 2.05. The van der Waals surface area contributed by atoms with Gasteiger partial charge in [0, 0.05) is 12.1 Å². The second-order valence-corrected chi connectivity index (χ2v) is 6.06. The smallest absolute Gasteiger partial charge is 0.118 e. The number of nitrogens with two attached hydrogens (primary N) is 1. The molecule has 3 heteroatoms. The topological polar surface area (TPSA) is 42.4 Å². The van der Waals surface area contributed by atoms with E-state index in [9.17, 15) is 0 Å². The molecule has 0 spiro atoms. The number of likely N-dealkylation sites (N-methyl/N-ethyl adjacent to an activating group) is 1. The van der Waals surface area contributed by atoms with Crippen molar-refractivity contribution in [2.45, 2.75) is 64.0 Å². The monoisotopic (exact) mass is 264 g/mol. The van der Waals surface area contributed by atoms with Gasteiger partial charge in [-0.3, -0.25) is 4.90 Å². The molecule has 2 rings (SSSR count). The summed E-state index contributed by atoms with van der Waals surface area (Å²) in [6.45, 7) is 3.62. The van der Waals surface area contributed by atoms with Crippen molar-refractivity contribution < 1.29 is 4.42 Å². The molecule has 2 N–H and O–H groups in total. The summed E-state index contributed by atoms with van der Waals surface area (Å²) in [6.07, 6.45) is 9.16. The van der Waals surface area contributed by atoms with E-state index in [1.54, 1.807) is 0 Å². The van der Waals surface area contributed by atoms with E-state index in [1.807, 2.05) is 13.0 Å². The van der Waals surface area contributed by atoms with E-state index in [1.165, 1.54) is 44.9 Å². The molecule has 1 saturated carbocycles. The van der Waals surface area contributed by atoms with Crippen molar-refractivity contribution in [2.24, 2.45) is 5.73 Å². The van der Waals surface area contributed by atoms with Crippen LogP contribution in [0.25, 0.3) is 0 Å². The van der Waals surface area contributed by atoms with Crippen molar-refractivity contribution in [2.75, 3.05) is 13.6 Å². The van der Waals surface area contributed by atoms with E-state index in [2.05, 4.69) is 18.0 Å². The minimum atomic E-state index is 0.168. The van der Waals surface area contributed by atoms with Crippen molar-refractivity contribution in [3.05, 3.63) is 23.7 Å². The van der Waals surface area contributed by atoms with Crippen molar-refractivity contribution in [1.82, 2.24) is 4.90 Å². The van der Waals surface area contributed by atoms with Gasteiger partial charge in [-0.05, 0) is 38.9 Å². The van der Waals surface area contributed by atoms with Crippen LogP contribution in [0.15, 0.2) is 16.5 Å². The lowest BCUT2D eigenvalue weighted by Crippen LogP contribution is -2.52. The van der Waals surface area contributed by atoms with Gasteiger partial charge in [0.2, 0.25) is 0 Å². The molecule has 19 heavy (non-hydrogen) atoms. The molecule has 108 valence electrons. The van der Waals surface area contributed by atoms with Gasteiger partial charge in [-0.2, -0.15) is 0 Å². The van der Waals surface area contributed by atoms with Gasteiger partial charge in [0.05, 0.1) is 6.54 Å². The number of aryl methyl sites for hydroxylation is 1. The van der Waals surface area contributed by atoms with Gasteiger partial charge in [-0.1, -0.05) is 32.1 Å². The van der Waals surface area contributed by atoms with Crippen LogP contribution in [0.2, 0.25) is 0 Å². The first-order valence-electron chi connectivity index (χ1n) is 7.63. The zero-order valence-electron chi connectivity index (χ0n) is 12.5. The Morgan fingerprint density at radius 2 is 1.79 bits per heavy atom. The zero-order valence-corrected chi connectivity index (χ0v) is 12.5. The largest absolute Gasteiger partial charge is 0.465 e. The van der Waals surface area contributed by atoms with Crippen molar-refractivity contribution in [3.63, 3.8) is 0 Å². The number of rotatable bonds is 4. The highest BCUT2D eigenvalue weighted by molar-refractivity contribution is 5.06. The van der Waals surface area contributed by atoms with Gasteiger partial charge in [-0.25, -0.2) is 0 Å². The molecular formula is C16H28N2O. The van der Waals surface area contributed by atoms with Crippen molar-refractivity contribution >= 4 is 0 Å². The Bertz CT molecular complexity index is 378. The highest BCUT2D eigenvalue weighted by Crippen LogP contribution is 2.31. The fraction of sp³-hybridized carbons (Fsp3) is 0.750. The first-order chi connectivity index (χ1) is 9.16. The predicted molar refractivity (Wildman–Crippen MR) is 79.0 cm³/mol. The second kappa shape index (κ2) is 6.58. The van der Waals surface area contributed by atoms with E-state index in [0.29, 0.717) is 0 Å². The molecule has 0 radical (unpaired) electrons. The Kier molecular flexibility index (Phi) is 5.06. The number of nitrogens with zero attached hydrogens (tertiary/aromatic N) is 1. The van der Waals surface area contributed by atoms with Gasteiger partial charge in [0.15, 0.2) is 0 Å². The summed E-state index contributed by atoms with van der Waals surface area (Å²) in [6, 6.07) is 4.12. The first-order valence-corrected chi connectivity index (χ1v) is 7.63. The van der Waals surface area contributed by atoms with Crippen LogP contribution in [0.4, 0.5) is 0 Å². The SMILES string of the molecule is Cc1ccc(CN(C)C2(CN)CCCCCCC2)o1. The molecule has 1 aliphatic rings. The van der Waals surface area contributed by atoms with Crippen LogP contribution >= 0.6 is 0 Å². The van der Waals surface area contributed by atoms with Gasteiger partial charge in [0.1, 0.15) is 11.5 Å². The number of hydrogen-bond donors (Lipinski definition) is 1. The van der Waals surface area contributed by atoms with Crippen LogP contribution in [0.3, 0.4) is 0 Å². The molecule has 0 aliphatic heterocycles. The van der Waals surface area contributed by atoms with Gasteiger partial charge in [-0.15, -0.1) is 0 Å². The second-order valence-electron chi connectivity index (χ2n) is 6.06. The lowest BCUT2D eigenvalue weighted by molar-refractivity contribution is 0.0796. The molecule has 1 aliphatic carbocycles. The molecule has 0 saturated heterocycles. The van der Waals surface area contributed by atoms with Gasteiger partial charge in [0.25, 0.3) is 0 Å². The minimum absolute atomic E-state index is 0.168. The summed E-state index contributed by atoms with van der Waals surface area (Å²) in [7, 11) is 2.20. The maximum Gasteiger partial charge on any atom is 0.118 e. The highest BCUT2D eigenvalue weighted by atomic mass is 16.3.